The van der Waals surface area contributed by atoms with E-state index in [1.54, 1.807) is 34.1 Å². The fourth-order valence-electron chi connectivity index (χ4n) is 3.84. The van der Waals surface area contributed by atoms with Crippen molar-refractivity contribution in [2.45, 2.75) is 32.4 Å². The number of hydrogen-bond donors (Lipinski definition) is 0. The number of fused-ring (bicyclic) bond motifs is 1. The predicted molar refractivity (Wildman–Crippen MR) is 119 cm³/mol. The Balaban J connectivity index is 1.40. The summed E-state index contributed by atoms with van der Waals surface area (Å²) in [7, 11) is 0. The van der Waals surface area contributed by atoms with Gasteiger partial charge in [-0.25, -0.2) is 9.59 Å². The number of urea groups is 1. The molecule has 2 aromatic rings. The van der Waals surface area contributed by atoms with Crippen molar-refractivity contribution >= 4 is 17.8 Å². The molecule has 2 aromatic carbocycles. The molecule has 2 aliphatic rings. The second-order valence-electron chi connectivity index (χ2n) is 8.90. The van der Waals surface area contributed by atoms with Crippen LogP contribution in [0.15, 0.2) is 48.5 Å². The third kappa shape index (κ3) is 4.62. The van der Waals surface area contributed by atoms with Gasteiger partial charge in [-0.05, 0) is 69.3 Å². The van der Waals surface area contributed by atoms with Crippen LogP contribution in [0.1, 0.15) is 26.3 Å². The molecule has 3 amide bonds. The smallest absolute Gasteiger partial charge is 0.410 e. The second kappa shape index (κ2) is 8.42. The lowest BCUT2D eigenvalue weighted by Crippen LogP contribution is -2.54. The molecule has 0 aromatic heterocycles. The van der Waals surface area contributed by atoms with Crippen molar-refractivity contribution in [2.24, 2.45) is 0 Å². The molecule has 0 aliphatic carbocycles. The molecule has 1 atom stereocenters. The lowest BCUT2D eigenvalue weighted by Gasteiger charge is -2.36. The molecule has 4 rings (SSSR count). The van der Waals surface area contributed by atoms with Crippen molar-refractivity contribution in [1.29, 1.82) is 5.26 Å². The van der Waals surface area contributed by atoms with Crippen molar-refractivity contribution in [3.63, 3.8) is 0 Å². The van der Waals surface area contributed by atoms with E-state index in [2.05, 4.69) is 6.07 Å². The second-order valence-corrected chi connectivity index (χ2v) is 8.90. The van der Waals surface area contributed by atoms with E-state index in [0.29, 0.717) is 43.2 Å². The van der Waals surface area contributed by atoms with Gasteiger partial charge in [0.25, 0.3) is 0 Å². The molecule has 0 N–H and O–H groups in total. The molecule has 0 saturated carbocycles. The van der Waals surface area contributed by atoms with E-state index in [-0.39, 0.29) is 18.2 Å². The van der Waals surface area contributed by atoms with E-state index >= 15 is 0 Å². The van der Waals surface area contributed by atoms with Crippen LogP contribution >= 0.6 is 0 Å². The Kier molecular flexibility index (Phi) is 5.66. The van der Waals surface area contributed by atoms with E-state index in [4.69, 9.17) is 14.7 Å². The van der Waals surface area contributed by atoms with E-state index < -0.39 is 5.60 Å². The topological polar surface area (TPSA) is 86.1 Å². The fraction of sp³-hybridized carbons (Fsp3) is 0.375. The summed E-state index contributed by atoms with van der Waals surface area (Å²) in [5.41, 5.74) is 0.801. The summed E-state index contributed by atoms with van der Waals surface area (Å²) in [5.74, 6) is 1.27. The quantitative estimate of drug-likeness (QED) is 0.722. The fourth-order valence-corrected chi connectivity index (χ4v) is 3.84. The van der Waals surface area contributed by atoms with Crippen LogP contribution in [-0.2, 0) is 4.74 Å². The van der Waals surface area contributed by atoms with Crippen LogP contribution in [0.3, 0.4) is 0 Å². The van der Waals surface area contributed by atoms with Gasteiger partial charge in [0.2, 0.25) is 0 Å². The Labute approximate surface area is 187 Å². The Morgan fingerprint density at radius 2 is 1.62 bits per heavy atom. The third-order valence-corrected chi connectivity index (χ3v) is 5.37. The van der Waals surface area contributed by atoms with E-state index in [9.17, 15) is 9.59 Å². The Morgan fingerprint density at radius 1 is 1.00 bits per heavy atom. The number of hydrogen-bond acceptors (Lipinski definition) is 5. The number of amides is 3. The molecule has 2 aliphatic heterocycles. The van der Waals surface area contributed by atoms with Crippen LogP contribution < -0.4 is 9.64 Å². The average molecular weight is 434 g/mol. The molecule has 0 radical (unpaired) electrons. The number of anilines is 1. The van der Waals surface area contributed by atoms with Gasteiger partial charge in [-0.2, -0.15) is 5.26 Å². The Morgan fingerprint density at radius 3 is 2.22 bits per heavy atom. The number of ether oxygens (including phenoxy) is 2. The van der Waals surface area contributed by atoms with Gasteiger partial charge in [0.15, 0.2) is 0 Å². The summed E-state index contributed by atoms with van der Waals surface area (Å²) < 4.78 is 11.3. The number of nitrogens with zero attached hydrogens (tertiary/aromatic N) is 4. The number of carbonyl (C=O) groups is 2. The minimum atomic E-state index is -0.548. The zero-order valence-corrected chi connectivity index (χ0v) is 18.4. The van der Waals surface area contributed by atoms with Crippen LogP contribution in [0, 0.1) is 11.3 Å². The molecule has 0 unspecified atom stereocenters. The number of rotatable bonds is 3. The van der Waals surface area contributed by atoms with Crippen molar-refractivity contribution < 1.29 is 19.1 Å². The molecule has 0 spiro atoms. The summed E-state index contributed by atoms with van der Waals surface area (Å²) >= 11 is 0. The predicted octanol–water partition coefficient (Wildman–Crippen LogP) is 4.21. The molecule has 32 heavy (non-hydrogen) atoms. The maximum absolute atomic E-state index is 12.9. The van der Waals surface area contributed by atoms with Crippen LogP contribution in [-0.4, -0.2) is 59.7 Å². The zero-order chi connectivity index (χ0) is 22.9. The van der Waals surface area contributed by atoms with Gasteiger partial charge >= 0.3 is 12.1 Å². The van der Waals surface area contributed by atoms with Gasteiger partial charge in [-0.1, -0.05) is 0 Å². The van der Waals surface area contributed by atoms with Crippen molar-refractivity contribution in [1.82, 2.24) is 9.80 Å². The Bertz CT molecular complexity index is 1040. The van der Waals surface area contributed by atoms with Crippen LogP contribution in [0.2, 0.25) is 0 Å². The largest absolute Gasteiger partial charge is 0.457 e. The minimum absolute atomic E-state index is 0.0559. The SMILES string of the molecule is CC(C)(C)OC(=O)N1CCN2C(=O)N(c3ccc(Oc4ccc(C#N)cc4)cc3)C[C@@H]2C1. The van der Waals surface area contributed by atoms with Crippen LogP contribution in [0.5, 0.6) is 11.5 Å². The van der Waals surface area contributed by atoms with Crippen LogP contribution in [0.4, 0.5) is 15.3 Å². The molecule has 166 valence electrons. The number of benzene rings is 2. The molecule has 2 heterocycles. The zero-order valence-electron chi connectivity index (χ0n) is 18.4. The first-order chi connectivity index (χ1) is 15.2. The molecular formula is C24H26N4O4. The normalized spacial score (nSPS) is 18.2. The lowest BCUT2D eigenvalue weighted by molar-refractivity contribution is 0.0128. The highest BCUT2D eigenvalue weighted by Crippen LogP contribution is 2.30. The lowest BCUT2D eigenvalue weighted by atomic mass is 10.2. The molecule has 8 nitrogen and oxygen atoms in total. The van der Waals surface area contributed by atoms with Gasteiger partial charge < -0.3 is 19.3 Å². The van der Waals surface area contributed by atoms with Gasteiger partial charge in [0.05, 0.1) is 17.7 Å². The highest BCUT2D eigenvalue weighted by atomic mass is 16.6. The third-order valence-electron chi connectivity index (χ3n) is 5.37. The highest BCUT2D eigenvalue weighted by Gasteiger charge is 2.42. The maximum atomic E-state index is 12.9. The van der Waals surface area contributed by atoms with Crippen molar-refractivity contribution in [2.75, 3.05) is 31.1 Å². The molecule has 2 fully saturated rings. The first-order valence-corrected chi connectivity index (χ1v) is 10.6. The van der Waals surface area contributed by atoms with Crippen molar-refractivity contribution in [3.8, 4) is 17.6 Å². The summed E-state index contributed by atoms with van der Waals surface area (Å²) in [6.07, 6.45) is -0.340. The number of piperazine rings is 1. The molecule has 8 heteroatoms. The molecule has 0 bridgehead atoms. The van der Waals surface area contributed by atoms with Gasteiger partial charge in [0.1, 0.15) is 17.1 Å². The summed E-state index contributed by atoms with van der Waals surface area (Å²) in [6.45, 7) is 7.44. The molecule has 2 saturated heterocycles. The monoisotopic (exact) mass is 434 g/mol. The van der Waals surface area contributed by atoms with E-state index in [0.717, 1.165) is 5.69 Å². The first kappa shape index (κ1) is 21.5. The number of nitriles is 1. The summed E-state index contributed by atoms with van der Waals surface area (Å²) in [4.78, 5) is 30.6. The first-order valence-electron chi connectivity index (χ1n) is 10.6. The Hall–Kier alpha value is -3.73. The summed E-state index contributed by atoms with van der Waals surface area (Å²) in [6, 6.07) is 16.1. The average Bonchev–Trinajstić information content (AvgIpc) is 3.09. The van der Waals surface area contributed by atoms with E-state index in [1.807, 2.05) is 49.9 Å². The van der Waals surface area contributed by atoms with Crippen molar-refractivity contribution in [3.05, 3.63) is 54.1 Å². The van der Waals surface area contributed by atoms with Gasteiger partial charge in [-0.3, -0.25) is 4.90 Å². The summed E-state index contributed by atoms with van der Waals surface area (Å²) in [5, 5.41) is 8.89. The maximum Gasteiger partial charge on any atom is 0.410 e. The molecular weight excluding hydrogens is 408 g/mol. The standard InChI is InChI=1S/C24H26N4O4/c1-24(2,3)32-23(30)26-12-13-27-19(15-26)16-28(22(27)29)18-6-10-21(11-7-18)31-20-8-4-17(14-25)5-9-20/h4-11,19H,12-13,15-16H2,1-3H3/t19-/m0/s1. The minimum Gasteiger partial charge on any atom is -0.457 e. The highest BCUT2D eigenvalue weighted by molar-refractivity contribution is 5.95. The van der Waals surface area contributed by atoms with Gasteiger partial charge in [-0.15, -0.1) is 0 Å². The van der Waals surface area contributed by atoms with Gasteiger partial charge in [0, 0.05) is 31.9 Å². The van der Waals surface area contributed by atoms with Crippen LogP contribution in [0.25, 0.3) is 0 Å². The van der Waals surface area contributed by atoms with E-state index in [1.165, 1.54) is 0 Å². The number of carbonyl (C=O) groups excluding carboxylic acids is 2.